The van der Waals surface area contributed by atoms with E-state index in [9.17, 15) is 9.59 Å². The van der Waals surface area contributed by atoms with E-state index in [1.165, 1.54) is 13.3 Å². The van der Waals surface area contributed by atoms with Crippen LogP contribution in [-0.2, 0) is 4.79 Å². The van der Waals surface area contributed by atoms with Gasteiger partial charge in [-0.1, -0.05) is 15.9 Å². The third-order valence-corrected chi connectivity index (χ3v) is 3.50. The molecule has 0 unspecified atom stereocenters. The zero-order chi connectivity index (χ0) is 16.7. The number of halogens is 1. The number of hydrogen-bond acceptors (Lipinski definition) is 4. The van der Waals surface area contributed by atoms with Gasteiger partial charge in [-0.2, -0.15) is 0 Å². The molecule has 2 N–H and O–H groups in total. The topological polar surface area (TPSA) is 80.3 Å². The van der Waals surface area contributed by atoms with E-state index in [1.807, 2.05) is 0 Å². The van der Waals surface area contributed by atoms with Crippen molar-refractivity contribution < 1.29 is 14.3 Å². The first-order valence-electron chi connectivity index (χ1n) is 6.92. The second-order valence-electron chi connectivity index (χ2n) is 4.65. The molecular formula is C16H16BrN3O3. The number of carbonyl (C=O) groups excluding carboxylic acids is 2. The number of amides is 2. The Bertz CT molecular complexity index is 672. The Morgan fingerprint density at radius 2 is 1.91 bits per heavy atom. The summed E-state index contributed by atoms with van der Waals surface area (Å²) in [5.41, 5.74) is 1.13. The van der Waals surface area contributed by atoms with Crippen molar-refractivity contribution >= 4 is 33.4 Å². The van der Waals surface area contributed by atoms with Crippen LogP contribution in [0, 0.1) is 0 Å². The third-order valence-electron chi connectivity index (χ3n) is 2.97. The normalized spacial score (nSPS) is 10.0. The Morgan fingerprint density at radius 3 is 2.52 bits per heavy atom. The molecule has 2 aromatic rings. The summed E-state index contributed by atoms with van der Waals surface area (Å²) < 4.78 is 5.84. The molecule has 0 radical (unpaired) electrons. The van der Waals surface area contributed by atoms with Gasteiger partial charge in [-0.15, -0.1) is 0 Å². The maximum absolute atomic E-state index is 11.9. The molecule has 0 saturated heterocycles. The second-order valence-corrected chi connectivity index (χ2v) is 5.57. The molecule has 0 spiro atoms. The van der Waals surface area contributed by atoms with E-state index in [4.69, 9.17) is 4.74 Å². The van der Waals surface area contributed by atoms with E-state index in [2.05, 4.69) is 31.5 Å². The van der Waals surface area contributed by atoms with Crippen LogP contribution in [0.1, 0.15) is 16.8 Å². The maximum Gasteiger partial charge on any atom is 0.251 e. The second kappa shape index (κ2) is 8.28. The molecule has 120 valence electrons. The van der Waals surface area contributed by atoms with E-state index in [-0.39, 0.29) is 24.8 Å². The van der Waals surface area contributed by atoms with Crippen molar-refractivity contribution in [3.05, 3.63) is 52.6 Å². The number of aromatic nitrogens is 1. The molecule has 0 aliphatic heterocycles. The zero-order valence-corrected chi connectivity index (χ0v) is 14.1. The number of rotatable bonds is 6. The SMILES string of the molecule is COc1ccc(NC(=O)CCNC(=O)c2ccc(Br)cc2)cn1. The van der Waals surface area contributed by atoms with Crippen molar-refractivity contribution in [2.75, 3.05) is 19.0 Å². The summed E-state index contributed by atoms with van der Waals surface area (Å²) in [5.74, 6) is 0.0641. The Labute approximate surface area is 142 Å². The highest BCUT2D eigenvalue weighted by Crippen LogP contribution is 2.11. The van der Waals surface area contributed by atoms with E-state index >= 15 is 0 Å². The van der Waals surface area contributed by atoms with Gasteiger partial charge in [-0.25, -0.2) is 4.98 Å². The lowest BCUT2D eigenvalue weighted by atomic mass is 10.2. The number of methoxy groups -OCH3 is 1. The zero-order valence-electron chi connectivity index (χ0n) is 12.5. The van der Waals surface area contributed by atoms with Gasteiger partial charge >= 0.3 is 0 Å². The number of carbonyl (C=O) groups is 2. The highest BCUT2D eigenvalue weighted by atomic mass is 79.9. The summed E-state index contributed by atoms with van der Waals surface area (Å²) in [4.78, 5) is 27.7. The van der Waals surface area contributed by atoms with Crippen molar-refractivity contribution in [1.29, 1.82) is 0 Å². The Kier molecular flexibility index (Phi) is 6.10. The number of nitrogens with one attached hydrogen (secondary N) is 2. The molecule has 2 amide bonds. The van der Waals surface area contributed by atoms with Crippen LogP contribution in [0.4, 0.5) is 5.69 Å². The van der Waals surface area contributed by atoms with Gasteiger partial charge in [0.2, 0.25) is 11.8 Å². The summed E-state index contributed by atoms with van der Waals surface area (Å²) >= 11 is 3.31. The van der Waals surface area contributed by atoms with Crippen LogP contribution >= 0.6 is 15.9 Å². The first-order chi connectivity index (χ1) is 11.1. The minimum absolute atomic E-state index is 0.175. The average molecular weight is 378 g/mol. The molecule has 2 rings (SSSR count). The fourth-order valence-electron chi connectivity index (χ4n) is 1.79. The largest absolute Gasteiger partial charge is 0.481 e. The number of benzene rings is 1. The lowest BCUT2D eigenvalue weighted by Crippen LogP contribution is -2.27. The number of hydrogen-bond donors (Lipinski definition) is 2. The molecule has 1 aromatic carbocycles. The first kappa shape index (κ1) is 17.0. The molecular weight excluding hydrogens is 362 g/mol. The summed E-state index contributed by atoms with van der Waals surface area (Å²) in [6, 6.07) is 10.4. The Hall–Kier alpha value is -2.41. The van der Waals surface area contributed by atoms with Gasteiger partial charge < -0.3 is 15.4 Å². The molecule has 1 heterocycles. The summed E-state index contributed by atoms with van der Waals surface area (Å²) in [5, 5.41) is 5.40. The maximum atomic E-state index is 11.9. The van der Waals surface area contributed by atoms with Gasteiger partial charge in [-0.3, -0.25) is 9.59 Å². The predicted octanol–water partition coefficient (Wildman–Crippen LogP) is 2.61. The first-order valence-corrected chi connectivity index (χ1v) is 7.71. The Morgan fingerprint density at radius 1 is 1.17 bits per heavy atom. The van der Waals surface area contributed by atoms with Crippen LogP contribution in [0.5, 0.6) is 5.88 Å². The lowest BCUT2D eigenvalue weighted by Gasteiger charge is -2.07. The van der Waals surface area contributed by atoms with Gasteiger partial charge in [0, 0.05) is 29.1 Å². The van der Waals surface area contributed by atoms with Gasteiger partial charge in [0.05, 0.1) is 19.0 Å². The molecule has 0 atom stereocenters. The van der Waals surface area contributed by atoms with E-state index < -0.39 is 0 Å². The fourth-order valence-corrected chi connectivity index (χ4v) is 2.06. The summed E-state index contributed by atoms with van der Waals surface area (Å²) in [7, 11) is 1.52. The number of pyridine rings is 1. The summed E-state index contributed by atoms with van der Waals surface area (Å²) in [6.07, 6.45) is 1.69. The van der Waals surface area contributed by atoms with E-state index in [0.29, 0.717) is 17.1 Å². The van der Waals surface area contributed by atoms with Crippen LogP contribution in [-0.4, -0.2) is 30.5 Å². The molecule has 0 saturated carbocycles. The smallest absolute Gasteiger partial charge is 0.251 e. The van der Waals surface area contributed by atoms with Crippen LogP contribution in [0.3, 0.4) is 0 Å². The van der Waals surface area contributed by atoms with Crippen molar-refractivity contribution in [3.63, 3.8) is 0 Å². The third kappa shape index (κ3) is 5.37. The molecule has 1 aromatic heterocycles. The van der Waals surface area contributed by atoms with Crippen LogP contribution in [0.2, 0.25) is 0 Å². The fraction of sp³-hybridized carbons (Fsp3) is 0.188. The number of nitrogens with zero attached hydrogens (tertiary/aromatic N) is 1. The van der Waals surface area contributed by atoms with Crippen molar-refractivity contribution in [2.24, 2.45) is 0 Å². The van der Waals surface area contributed by atoms with E-state index in [1.54, 1.807) is 36.4 Å². The van der Waals surface area contributed by atoms with Crippen LogP contribution in [0.15, 0.2) is 47.1 Å². The molecule has 0 aliphatic rings. The summed E-state index contributed by atoms with van der Waals surface area (Å²) in [6.45, 7) is 0.254. The average Bonchev–Trinajstić information content (AvgIpc) is 2.56. The molecule has 0 aliphatic carbocycles. The van der Waals surface area contributed by atoms with Crippen LogP contribution < -0.4 is 15.4 Å². The minimum atomic E-state index is -0.212. The van der Waals surface area contributed by atoms with Crippen molar-refractivity contribution in [3.8, 4) is 5.88 Å². The molecule has 7 heteroatoms. The van der Waals surface area contributed by atoms with E-state index in [0.717, 1.165) is 4.47 Å². The molecule has 6 nitrogen and oxygen atoms in total. The lowest BCUT2D eigenvalue weighted by molar-refractivity contribution is -0.116. The van der Waals surface area contributed by atoms with Gasteiger partial charge in [0.25, 0.3) is 5.91 Å². The van der Waals surface area contributed by atoms with Gasteiger partial charge in [0.15, 0.2) is 0 Å². The van der Waals surface area contributed by atoms with Gasteiger partial charge in [-0.05, 0) is 30.3 Å². The van der Waals surface area contributed by atoms with Crippen LogP contribution in [0.25, 0.3) is 0 Å². The molecule has 23 heavy (non-hydrogen) atoms. The number of anilines is 1. The minimum Gasteiger partial charge on any atom is -0.481 e. The number of ether oxygens (including phenoxy) is 1. The Balaban J connectivity index is 1.75. The van der Waals surface area contributed by atoms with Gasteiger partial charge in [0.1, 0.15) is 0 Å². The predicted molar refractivity (Wildman–Crippen MR) is 90.5 cm³/mol. The molecule has 0 bridgehead atoms. The molecule has 0 fully saturated rings. The highest BCUT2D eigenvalue weighted by molar-refractivity contribution is 9.10. The standard InChI is InChI=1S/C16H16BrN3O3/c1-23-15-7-6-13(10-19-15)20-14(21)8-9-18-16(22)11-2-4-12(17)5-3-11/h2-7,10H,8-9H2,1H3,(H,18,22)(H,20,21). The quantitative estimate of drug-likeness (QED) is 0.810. The highest BCUT2D eigenvalue weighted by Gasteiger charge is 2.07. The van der Waals surface area contributed by atoms with Crippen molar-refractivity contribution in [2.45, 2.75) is 6.42 Å². The van der Waals surface area contributed by atoms with Crippen molar-refractivity contribution in [1.82, 2.24) is 10.3 Å². The monoisotopic (exact) mass is 377 g/mol.